The van der Waals surface area contributed by atoms with Crippen LogP contribution in [0.15, 0.2) is 182 Å². The molecule has 0 aliphatic heterocycles. The van der Waals surface area contributed by atoms with E-state index in [2.05, 4.69) is 193 Å². The molecule has 0 fully saturated rings. The van der Waals surface area contributed by atoms with E-state index in [4.69, 9.17) is 0 Å². The minimum atomic E-state index is 0. The van der Waals surface area contributed by atoms with Gasteiger partial charge in [0.2, 0.25) is 0 Å². The first-order valence-corrected chi connectivity index (χ1v) is 23.2. The van der Waals surface area contributed by atoms with Crippen LogP contribution in [0.3, 0.4) is 0 Å². The summed E-state index contributed by atoms with van der Waals surface area (Å²) in [6.07, 6.45) is 10.9. The summed E-state index contributed by atoms with van der Waals surface area (Å²) in [5.41, 5.74) is 15.7. The number of benzene rings is 8. The van der Waals surface area contributed by atoms with Gasteiger partial charge in [0.25, 0.3) is 0 Å². The van der Waals surface area contributed by atoms with Crippen LogP contribution in [0.5, 0.6) is 0 Å². The summed E-state index contributed by atoms with van der Waals surface area (Å²) in [5.74, 6) is 0. The third-order valence-corrected chi connectivity index (χ3v) is 11.2. The fraction of sp³-hybridized carbons (Fsp3) is 0.164. The van der Waals surface area contributed by atoms with Gasteiger partial charge in [-0.1, -0.05) is 190 Å². The van der Waals surface area contributed by atoms with E-state index in [1.165, 1.54) is 101 Å². The van der Waals surface area contributed by atoms with Gasteiger partial charge in [0.15, 0.2) is 0 Å². The van der Waals surface area contributed by atoms with Gasteiger partial charge in [-0.05, 0) is 39.5 Å². The molecule has 8 aromatic carbocycles. The molecule has 0 nitrogen and oxygen atoms in total. The van der Waals surface area contributed by atoms with Gasteiger partial charge >= 0.3 is 28.4 Å². The summed E-state index contributed by atoms with van der Waals surface area (Å²) in [6.45, 7) is 21.8. The Bertz CT molecular complexity index is 2600. The van der Waals surface area contributed by atoms with E-state index in [0.29, 0.717) is 0 Å². The van der Waals surface area contributed by atoms with Crippen molar-refractivity contribution in [3.63, 3.8) is 0 Å². The predicted octanol–water partition coefficient (Wildman–Crippen LogP) is 17.1. The number of hydrogen-bond donors (Lipinski definition) is 0. The molecule has 0 heterocycles. The zero-order valence-electron chi connectivity index (χ0n) is 38.2. The van der Waals surface area contributed by atoms with Crippen LogP contribution >= 0.6 is 24.8 Å². The van der Waals surface area contributed by atoms with E-state index in [-0.39, 0.29) is 35.6 Å². The molecule has 8 aromatic rings. The van der Waals surface area contributed by atoms with Crippen LogP contribution in [0, 0.1) is 26.0 Å². The average molecular weight is 955 g/mol. The second-order valence-electron chi connectivity index (χ2n) is 17.7. The fourth-order valence-corrected chi connectivity index (χ4v) is 8.03. The van der Waals surface area contributed by atoms with Crippen LogP contribution in [0.4, 0.5) is 0 Å². The van der Waals surface area contributed by atoms with Crippen molar-refractivity contribution in [3.05, 3.63) is 241 Å². The van der Waals surface area contributed by atoms with Gasteiger partial charge in [0.05, 0.1) is 0 Å². The standard InChI is InChI=1S/C33H33.2C11H9.C5H5.CH2.2ClH.Zr/c1-32(2,3)30-20-26-24(18-28(30)22-13-9-7-10-14-22)17-25-19-29(23-15-11-8-12-16-23)31(21-27(25)26)33(4,5)6;2*1-9-5-4-7-10-6-2-3-8-11(9)10;1-2-4-5-3-1;;;;/h7-16,18,20-21H,17H2,1-6H3;2*2-8H,1H2;1-3H,4H2;1H2;2*1H;/q4*-1;;;;. The summed E-state index contributed by atoms with van der Waals surface area (Å²) >= 11 is 1.30. The zero-order chi connectivity index (χ0) is 44.3. The molecule has 64 heavy (non-hydrogen) atoms. The second-order valence-corrected chi connectivity index (χ2v) is 17.7. The molecule has 0 bridgehead atoms. The Morgan fingerprint density at radius 3 is 1.44 bits per heavy atom. The molecule has 0 atom stereocenters. The summed E-state index contributed by atoms with van der Waals surface area (Å²) in [5, 5.41) is 5.02. The topological polar surface area (TPSA) is 0 Å². The van der Waals surface area contributed by atoms with Gasteiger partial charge in [-0.2, -0.15) is 43.2 Å². The Balaban J connectivity index is 0.000000234. The van der Waals surface area contributed by atoms with Crippen molar-refractivity contribution >= 4 is 50.6 Å². The molecular weight excluding hydrogens is 895 g/mol. The average Bonchev–Trinajstić information content (AvgIpc) is 3.99. The maximum absolute atomic E-state index is 3.95. The van der Waals surface area contributed by atoms with Gasteiger partial charge in [-0.25, -0.2) is 12.2 Å². The van der Waals surface area contributed by atoms with Crippen LogP contribution in [0.1, 0.15) is 81.3 Å². The summed E-state index contributed by atoms with van der Waals surface area (Å²) < 4.78 is 3.34. The Kier molecular flexibility index (Phi) is 19.0. The monoisotopic (exact) mass is 952 g/mol. The van der Waals surface area contributed by atoms with Crippen molar-refractivity contribution in [2.45, 2.75) is 65.2 Å². The van der Waals surface area contributed by atoms with Crippen LogP contribution < -0.4 is 0 Å². The zero-order valence-corrected chi connectivity index (χ0v) is 42.3. The number of rotatable bonds is 2. The Morgan fingerprint density at radius 2 is 0.984 bits per heavy atom. The molecule has 0 radical (unpaired) electrons. The first-order chi connectivity index (χ1) is 29.9. The third-order valence-electron chi connectivity index (χ3n) is 11.2. The van der Waals surface area contributed by atoms with Crippen LogP contribution in [0.2, 0.25) is 0 Å². The summed E-state index contributed by atoms with van der Waals surface area (Å²) in [7, 11) is 0. The maximum atomic E-state index is 3.95. The summed E-state index contributed by atoms with van der Waals surface area (Å²) in [4.78, 5) is 0. The predicted molar refractivity (Wildman–Crippen MR) is 282 cm³/mol. The second kappa shape index (κ2) is 23.7. The van der Waals surface area contributed by atoms with E-state index >= 15 is 0 Å². The molecule has 0 saturated carbocycles. The normalized spacial score (nSPS) is 11.6. The molecule has 0 unspecified atom stereocenters. The van der Waals surface area contributed by atoms with Crippen molar-refractivity contribution < 1.29 is 24.2 Å². The van der Waals surface area contributed by atoms with E-state index in [9.17, 15) is 0 Å². The minimum absolute atomic E-state index is 0. The number of halogens is 2. The van der Waals surface area contributed by atoms with Crippen molar-refractivity contribution in [1.82, 2.24) is 0 Å². The quantitative estimate of drug-likeness (QED) is 0.152. The van der Waals surface area contributed by atoms with E-state index in [1.54, 1.807) is 0 Å². The van der Waals surface area contributed by atoms with Crippen molar-refractivity contribution in [2.75, 3.05) is 0 Å². The van der Waals surface area contributed by atoms with Gasteiger partial charge in [-0.15, -0.1) is 95.1 Å². The molecule has 0 spiro atoms. The first-order valence-electron chi connectivity index (χ1n) is 21.4. The van der Waals surface area contributed by atoms with Crippen molar-refractivity contribution in [1.29, 1.82) is 0 Å². The Labute approximate surface area is 411 Å². The summed E-state index contributed by atoms with van der Waals surface area (Å²) in [6, 6.07) is 61.7. The third kappa shape index (κ3) is 12.8. The van der Waals surface area contributed by atoms with Gasteiger partial charge < -0.3 is 0 Å². The van der Waals surface area contributed by atoms with Crippen LogP contribution in [-0.2, 0) is 41.5 Å². The first kappa shape index (κ1) is 51.5. The van der Waals surface area contributed by atoms with Crippen LogP contribution in [0.25, 0.3) is 54.9 Å². The molecule has 0 amide bonds. The van der Waals surface area contributed by atoms with Gasteiger partial charge in [-0.3, -0.25) is 6.08 Å². The fourth-order valence-electron chi connectivity index (χ4n) is 8.03. The molecule has 2 aliphatic carbocycles. The number of allylic oxidation sites excluding steroid dienone is 4. The van der Waals surface area contributed by atoms with Crippen molar-refractivity contribution in [3.8, 4) is 33.4 Å². The van der Waals surface area contributed by atoms with E-state index < -0.39 is 0 Å². The van der Waals surface area contributed by atoms with Gasteiger partial charge in [0, 0.05) is 0 Å². The molecule has 2 aliphatic rings. The SMILES string of the molecule is CC(C)(C)c1cc2c([c-]c1-c1ccccc1)Cc1cc(-c3ccccc3)c(C(C)(C)C)cc1-2.Cl.Cl.[C-]1=CC=CC1.[CH2-]c1cccc2ccccc12.[CH2-]c1cccc2ccccc12.[CH2]=[Zr]. The Hall–Kier alpha value is -5.17. The van der Waals surface area contributed by atoms with Gasteiger partial charge in [0.1, 0.15) is 0 Å². The molecule has 10 rings (SSSR count). The molecule has 0 aromatic heterocycles. The Morgan fingerprint density at radius 1 is 0.516 bits per heavy atom. The molecular formula is C61H60Cl2Zr-4. The van der Waals surface area contributed by atoms with E-state index in [1.807, 2.05) is 60.7 Å². The van der Waals surface area contributed by atoms with Crippen molar-refractivity contribution in [2.24, 2.45) is 0 Å². The van der Waals surface area contributed by atoms with Crippen LogP contribution in [-0.4, -0.2) is 4.21 Å². The molecule has 0 N–H and O–H groups in total. The number of fused-ring (bicyclic) bond motifs is 5. The molecule has 326 valence electrons. The molecule has 3 heteroatoms. The molecule has 0 saturated heterocycles. The number of hydrogen-bond acceptors (Lipinski definition) is 0. The van der Waals surface area contributed by atoms with E-state index in [0.717, 1.165) is 24.0 Å².